The van der Waals surface area contributed by atoms with Gasteiger partial charge in [0, 0.05) is 17.1 Å². The summed E-state index contributed by atoms with van der Waals surface area (Å²) < 4.78 is 43.7. The number of rotatable bonds is 3. The summed E-state index contributed by atoms with van der Waals surface area (Å²) in [6, 6.07) is 3.93. The maximum atomic E-state index is 12.8. The highest BCUT2D eigenvalue weighted by Crippen LogP contribution is 2.36. The van der Waals surface area contributed by atoms with Crippen molar-refractivity contribution >= 4 is 22.0 Å². The zero-order valence-corrected chi connectivity index (χ0v) is 14.8. The molecule has 0 heterocycles. The highest BCUT2D eigenvalue weighted by molar-refractivity contribution is 9.10. The van der Waals surface area contributed by atoms with Crippen LogP contribution in [-0.2, 0) is 17.5 Å². The van der Waals surface area contributed by atoms with Crippen LogP contribution < -0.4 is 0 Å². The minimum atomic E-state index is -4.40. The third kappa shape index (κ3) is 5.12. The molecule has 1 aliphatic carbocycles. The molecule has 128 valence electrons. The van der Waals surface area contributed by atoms with Gasteiger partial charge in [-0.15, -0.1) is 0 Å². The van der Waals surface area contributed by atoms with Crippen LogP contribution in [0.2, 0.25) is 0 Å². The quantitative estimate of drug-likeness (QED) is 0.690. The Bertz CT molecular complexity index is 592. The van der Waals surface area contributed by atoms with Gasteiger partial charge in [-0.3, -0.25) is 0 Å². The summed E-state index contributed by atoms with van der Waals surface area (Å²) in [5, 5.41) is 0. The first kappa shape index (κ1) is 18.1. The summed E-state index contributed by atoms with van der Waals surface area (Å²) >= 11 is 2.96. The number of ether oxygens (including phenoxy) is 1. The maximum absolute atomic E-state index is 12.8. The monoisotopic (exact) mass is 393 g/mol. The molecule has 7 heteroatoms. The summed E-state index contributed by atoms with van der Waals surface area (Å²) in [7, 11) is 0. The molecule has 0 N–H and O–H groups in total. The van der Waals surface area contributed by atoms with Crippen LogP contribution in [0.4, 0.5) is 18.0 Å². The third-order valence-electron chi connectivity index (χ3n) is 3.31. The predicted octanol–water partition coefficient (Wildman–Crippen LogP) is 5.37. The van der Waals surface area contributed by atoms with E-state index in [-0.39, 0.29) is 17.1 Å². The van der Waals surface area contributed by atoms with E-state index in [1.807, 2.05) is 0 Å². The first-order valence-electron chi connectivity index (χ1n) is 7.32. The number of hydrogen-bond acceptors (Lipinski definition) is 2. The molecule has 1 aliphatic rings. The molecular weight excluding hydrogens is 375 g/mol. The molecule has 0 spiro atoms. The van der Waals surface area contributed by atoms with Gasteiger partial charge in [-0.2, -0.15) is 13.2 Å². The Morgan fingerprint density at radius 3 is 2.35 bits per heavy atom. The summed E-state index contributed by atoms with van der Waals surface area (Å²) in [5.74, 6) is 0. The van der Waals surface area contributed by atoms with Gasteiger partial charge in [0.05, 0.1) is 5.56 Å². The smallest absolute Gasteiger partial charge is 0.417 e. The van der Waals surface area contributed by atoms with Gasteiger partial charge >= 0.3 is 12.3 Å². The van der Waals surface area contributed by atoms with E-state index in [9.17, 15) is 18.0 Å². The van der Waals surface area contributed by atoms with Crippen LogP contribution in [0.5, 0.6) is 0 Å². The van der Waals surface area contributed by atoms with Crippen molar-refractivity contribution in [2.75, 3.05) is 0 Å². The second-order valence-corrected chi connectivity index (χ2v) is 7.51. The number of carbonyl (C=O) groups excluding carboxylic acids is 1. The summed E-state index contributed by atoms with van der Waals surface area (Å²) in [5.41, 5.74) is -0.704. The maximum Gasteiger partial charge on any atom is 0.417 e. The van der Waals surface area contributed by atoms with Gasteiger partial charge in [-0.05, 0) is 51.3 Å². The van der Waals surface area contributed by atoms with Crippen LogP contribution in [-0.4, -0.2) is 22.6 Å². The summed E-state index contributed by atoms with van der Waals surface area (Å²) in [6.07, 6.45) is -3.06. The lowest BCUT2D eigenvalue weighted by molar-refractivity contribution is -0.138. The molecule has 1 fully saturated rings. The van der Waals surface area contributed by atoms with E-state index in [1.54, 1.807) is 25.7 Å². The minimum absolute atomic E-state index is 0.0255. The van der Waals surface area contributed by atoms with Gasteiger partial charge in [0.25, 0.3) is 0 Å². The van der Waals surface area contributed by atoms with Crippen molar-refractivity contribution in [1.82, 2.24) is 4.90 Å². The van der Waals surface area contributed by atoms with Crippen molar-refractivity contribution in [2.24, 2.45) is 0 Å². The van der Waals surface area contributed by atoms with Crippen LogP contribution in [0, 0.1) is 0 Å². The lowest BCUT2D eigenvalue weighted by Gasteiger charge is -2.27. The van der Waals surface area contributed by atoms with E-state index in [0.29, 0.717) is 5.56 Å². The van der Waals surface area contributed by atoms with Gasteiger partial charge in [0.1, 0.15) is 5.60 Å². The van der Waals surface area contributed by atoms with E-state index in [2.05, 4.69) is 15.9 Å². The second kappa shape index (κ2) is 6.34. The number of hydrogen-bond donors (Lipinski definition) is 0. The van der Waals surface area contributed by atoms with Crippen molar-refractivity contribution in [2.45, 2.75) is 58.0 Å². The molecule has 0 radical (unpaired) electrons. The topological polar surface area (TPSA) is 29.5 Å². The Morgan fingerprint density at radius 2 is 1.91 bits per heavy atom. The summed E-state index contributed by atoms with van der Waals surface area (Å²) in [6.45, 7) is 5.58. The highest BCUT2D eigenvalue weighted by Gasteiger charge is 2.36. The lowest BCUT2D eigenvalue weighted by atomic mass is 10.1. The normalized spacial score (nSPS) is 15.4. The average molecular weight is 394 g/mol. The number of nitrogens with zero attached hydrogens (tertiary/aromatic N) is 1. The number of halogens is 4. The Hall–Kier alpha value is -1.24. The van der Waals surface area contributed by atoms with Crippen molar-refractivity contribution in [3.8, 4) is 0 Å². The number of benzene rings is 1. The molecule has 23 heavy (non-hydrogen) atoms. The molecule has 3 nitrogen and oxygen atoms in total. The first-order chi connectivity index (χ1) is 10.5. The van der Waals surface area contributed by atoms with E-state index in [1.165, 1.54) is 12.1 Å². The molecule has 0 aromatic heterocycles. The van der Waals surface area contributed by atoms with E-state index in [0.717, 1.165) is 18.9 Å². The largest absolute Gasteiger partial charge is 0.444 e. The Labute approximate surface area is 141 Å². The molecule has 2 rings (SSSR count). The molecule has 0 atom stereocenters. The number of carbonyl (C=O) groups is 1. The fourth-order valence-electron chi connectivity index (χ4n) is 2.13. The van der Waals surface area contributed by atoms with Gasteiger partial charge in [0.2, 0.25) is 0 Å². The lowest BCUT2D eigenvalue weighted by Crippen LogP contribution is -2.37. The van der Waals surface area contributed by atoms with Crippen LogP contribution in [0.3, 0.4) is 0 Å². The molecule has 0 bridgehead atoms. The zero-order valence-electron chi connectivity index (χ0n) is 13.2. The Morgan fingerprint density at radius 1 is 1.30 bits per heavy atom. The van der Waals surface area contributed by atoms with Crippen LogP contribution >= 0.6 is 15.9 Å². The number of amides is 1. The second-order valence-electron chi connectivity index (χ2n) is 6.65. The fourth-order valence-corrected chi connectivity index (χ4v) is 2.78. The molecule has 0 unspecified atom stereocenters. The minimum Gasteiger partial charge on any atom is -0.444 e. The van der Waals surface area contributed by atoms with Gasteiger partial charge in [-0.25, -0.2) is 4.79 Å². The molecule has 1 aromatic rings. The van der Waals surface area contributed by atoms with Crippen molar-refractivity contribution in [1.29, 1.82) is 0 Å². The Kier molecular flexibility index (Phi) is 4.99. The van der Waals surface area contributed by atoms with Gasteiger partial charge < -0.3 is 9.64 Å². The average Bonchev–Trinajstić information content (AvgIpc) is 3.16. The standard InChI is InChI=1S/C16H19BrF3NO2/c1-15(2,3)23-14(22)21(11-5-6-11)9-10-4-7-12(13(17)8-10)16(18,19)20/h4,7-8,11H,5-6,9H2,1-3H3. The first-order valence-corrected chi connectivity index (χ1v) is 8.12. The zero-order chi connectivity index (χ0) is 17.4. The van der Waals surface area contributed by atoms with Crippen LogP contribution in [0.1, 0.15) is 44.7 Å². The summed E-state index contributed by atoms with van der Waals surface area (Å²) in [4.78, 5) is 13.9. The van der Waals surface area contributed by atoms with Crippen molar-refractivity contribution < 1.29 is 22.7 Å². The number of alkyl halides is 3. The van der Waals surface area contributed by atoms with E-state index < -0.39 is 23.4 Å². The molecule has 1 saturated carbocycles. The van der Waals surface area contributed by atoms with Crippen LogP contribution in [0.25, 0.3) is 0 Å². The Balaban J connectivity index is 2.15. The SMILES string of the molecule is CC(C)(C)OC(=O)N(Cc1ccc(C(F)(F)F)c(Br)c1)C1CC1. The van der Waals surface area contributed by atoms with E-state index in [4.69, 9.17) is 4.74 Å². The predicted molar refractivity (Wildman–Crippen MR) is 83.9 cm³/mol. The molecule has 0 aliphatic heterocycles. The fraction of sp³-hybridized carbons (Fsp3) is 0.562. The van der Waals surface area contributed by atoms with Gasteiger partial charge in [0.15, 0.2) is 0 Å². The molecule has 1 aromatic carbocycles. The molecule has 0 saturated heterocycles. The van der Waals surface area contributed by atoms with Crippen molar-refractivity contribution in [3.63, 3.8) is 0 Å². The van der Waals surface area contributed by atoms with Crippen LogP contribution in [0.15, 0.2) is 22.7 Å². The van der Waals surface area contributed by atoms with E-state index >= 15 is 0 Å². The third-order valence-corrected chi connectivity index (χ3v) is 3.96. The highest BCUT2D eigenvalue weighted by atomic mass is 79.9. The molecular formula is C16H19BrF3NO2. The van der Waals surface area contributed by atoms with Gasteiger partial charge in [-0.1, -0.05) is 22.0 Å². The van der Waals surface area contributed by atoms with Crippen molar-refractivity contribution in [3.05, 3.63) is 33.8 Å². The molecule has 1 amide bonds.